The van der Waals surface area contributed by atoms with Crippen molar-refractivity contribution in [2.75, 3.05) is 33.4 Å². The maximum absolute atomic E-state index is 5.48. The van der Waals surface area contributed by atoms with Crippen molar-refractivity contribution in [3.8, 4) is 0 Å². The molecule has 6 nitrogen and oxygen atoms in total. The van der Waals surface area contributed by atoms with E-state index in [9.17, 15) is 0 Å². The van der Waals surface area contributed by atoms with Crippen LogP contribution in [0.15, 0.2) is 29.3 Å². The minimum atomic E-state index is 0. The molecule has 0 bridgehead atoms. The van der Waals surface area contributed by atoms with E-state index < -0.39 is 0 Å². The van der Waals surface area contributed by atoms with Gasteiger partial charge in [0, 0.05) is 39.7 Å². The van der Waals surface area contributed by atoms with Crippen molar-refractivity contribution in [1.29, 1.82) is 0 Å². The molecule has 1 unspecified atom stereocenters. The molecule has 2 aromatic rings. The van der Waals surface area contributed by atoms with Crippen molar-refractivity contribution in [2.45, 2.75) is 19.9 Å². The molecule has 2 heterocycles. The van der Waals surface area contributed by atoms with Gasteiger partial charge in [-0.2, -0.15) is 0 Å². The molecule has 3 rings (SSSR count). The molecule has 1 aromatic heterocycles. The lowest BCUT2D eigenvalue weighted by atomic mass is 10.1. The van der Waals surface area contributed by atoms with E-state index in [2.05, 4.69) is 34.8 Å². The predicted octanol–water partition coefficient (Wildman–Crippen LogP) is 2.63. The van der Waals surface area contributed by atoms with Crippen molar-refractivity contribution >= 4 is 41.0 Å². The Labute approximate surface area is 166 Å². The summed E-state index contributed by atoms with van der Waals surface area (Å²) in [6.07, 6.45) is 1.13. The third-order valence-corrected chi connectivity index (χ3v) is 4.50. The summed E-state index contributed by atoms with van der Waals surface area (Å²) in [5, 5.41) is 3.38. The van der Waals surface area contributed by atoms with Gasteiger partial charge >= 0.3 is 0 Å². The van der Waals surface area contributed by atoms with E-state index in [1.165, 1.54) is 0 Å². The number of aromatic nitrogens is 2. The van der Waals surface area contributed by atoms with Crippen LogP contribution < -0.4 is 5.32 Å². The second kappa shape index (κ2) is 9.38. The summed E-state index contributed by atoms with van der Waals surface area (Å²) in [5.41, 5.74) is 2.16. The van der Waals surface area contributed by atoms with Gasteiger partial charge < -0.3 is 19.5 Å². The van der Waals surface area contributed by atoms with Crippen LogP contribution in [-0.4, -0.2) is 53.8 Å². The molecule has 138 valence electrons. The first-order chi connectivity index (χ1) is 11.7. The molecule has 1 aromatic carbocycles. The Morgan fingerprint density at radius 2 is 2.24 bits per heavy atom. The largest absolute Gasteiger partial charge is 0.381 e. The minimum absolute atomic E-state index is 0. The Balaban J connectivity index is 0.00000225. The number of guanidine groups is 1. The van der Waals surface area contributed by atoms with Gasteiger partial charge in [-0.3, -0.25) is 0 Å². The Morgan fingerprint density at radius 1 is 1.44 bits per heavy atom. The zero-order valence-corrected chi connectivity index (χ0v) is 17.6. The fraction of sp³-hybridized carbons (Fsp3) is 0.556. The minimum Gasteiger partial charge on any atom is -0.381 e. The van der Waals surface area contributed by atoms with Crippen molar-refractivity contribution in [1.82, 2.24) is 19.8 Å². The monoisotopic (exact) mass is 457 g/mol. The number of imidazole rings is 1. The van der Waals surface area contributed by atoms with Gasteiger partial charge in [-0.05, 0) is 25.5 Å². The molecule has 0 amide bonds. The van der Waals surface area contributed by atoms with Crippen LogP contribution in [0.1, 0.15) is 19.2 Å². The van der Waals surface area contributed by atoms with Gasteiger partial charge in [0.2, 0.25) is 0 Å². The van der Waals surface area contributed by atoms with Crippen molar-refractivity contribution < 1.29 is 4.74 Å². The Hall–Kier alpha value is -1.35. The summed E-state index contributed by atoms with van der Waals surface area (Å²) in [7, 11) is 4.14. The maximum atomic E-state index is 5.48. The summed E-state index contributed by atoms with van der Waals surface area (Å²) in [5.74, 6) is 2.50. The van der Waals surface area contributed by atoms with Crippen molar-refractivity contribution in [3.05, 3.63) is 30.1 Å². The number of hydrogen-bond donors (Lipinski definition) is 1. The number of rotatable bonds is 5. The molecule has 0 radical (unpaired) electrons. The van der Waals surface area contributed by atoms with Crippen molar-refractivity contribution in [2.24, 2.45) is 18.0 Å². The van der Waals surface area contributed by atoms with Crippen LogP contribution in [0.5, 0.6) is 0 Å². The summed E-state index contributed by atoms with van der Waals surface area (Å²) in [6, 6.07) is 8.19. The third-order valence-electron chi connectivity index (χ3n) is 4.50. The third kappa shape index (κ3) is 4.84. The lowest BCUT2D eigenvalue weighted by Gasteiger charge is -2.24. The highest BCUT2D eigenvalue weighted by molar-refractivity contribution is 14.0. The van der Waals surface area contributed by atoms with E-state index in [0.29, 0.717) is 12.5 Å². The number of aryl methyl sites for hydroxylation is 1. The molecule has 1 atom stereocenters. The number of hydrogen-bond acceptors (Lipinski definition) is 3. The highest BCUT2D eigenvalue weighted by Crippen LogP contribution is 2.15. The molecule has 1 aliphatic rings. The second-order valence-electron chi connectivity index (χ2n) is 6.36. The van der Waals surface area contributed by atoms with Gasteiger partial charge in [0.1, 0.15) is 12.4 Å². The molecule has 25 heavy (non-hydrogen) atoms. The molecule has 1 fully saturated rings. The van der Waals surface area contributed by atoms with E-state index in [1.54, 1.807) is 0 Å². The number of halogens is 1. The fourth-order valence-electron chi connectivity index (χ4n) is 3.15. The van der Waals surface area contributed by atoms with Crippen LogP contribution in [0.4, 0.5) is 0 Å². The number of nitrogens with one attached hydrogen (secondary N) is 1. The molecular formula is C18H28IN5O. The topological polar surface area (TPSA) is 54.7 Å². The van der Waals surface area contributed by atoms with Crippen molar-refractivity contribution in [3.63, 3.8) is 0 Å². The van der Waals surface area contributed by atoms with E-state index in [1.807, 2.05) is 25.2 Å². The van der Waals surface area contributed by atoms with Gasteiger partial charge in [-0.15, -0.1) is 24.0 Å². The highest BCUT2D eigenvalue weighted by atomic mass is 127. The average molecular weight is 457 g/mol. The van der Waals surface area contributed by atoms with E-state index >= 15 is 0 Å². The molecular weight excluding hydrogens is 429 g/mol. The Morgan fingerprint density at radius 3 is 2.92 bits per heavy atom. The van der Waals surface area contributed by atoms with Crippen LogP contribution >= 0.6 is 24.0 Å². The van der Waals surface area contributed by atoms with Crippen LogP contribution in [0, 0.1) is 5.92 Å². The summed E-state index contributed by atoms with van der Waals surface area (Å²) < 4.78 is 7.59. The van der Waals surface area contributed by atoms with E-state index in [0.717, 1.165) is 55.5 Å². The number of para-hydroxylation sites is 2. The molecule has 7 heteroatoms. The number of ether oxygens (including phenoxy) is 1. The highest BCUT2D eigenvalue weighted by Gasteiger charge is 2.19. The first-order valence-electron chi connectivity index (χ1n) is 8.66. The standard InChI is InChI=1S/C18H27N5O.HI/c1-4-19-18(22(2)12-14-9-10-24-13-14)20-11-17-21-15-7-5-6-8-16(15)23(17)3;/h5-8,14H,4,9-13H2,1-3H3,(H,19,20);1H. The van der Waals surface area contributed by atoms with Gasteiger partial charge in [-0.1, -0.05) is 12.1 Å². The molecule has 0 saturated carbocycles. The molecule has 0 aliphatic carbocycles. The normalized spacial score (nSPS) is 17.6. The number of nitrogens with zero attached hydrogens (tertiary/aromatic N) is 4. The molecule has 1 aliphatic heterocycles. The van der Waals surface area contributed by atoms with Crippen LogP contribution in [0.25, 0.3) is 11.0 Å². The van der Waals surface area contributed by atoms with E-state index in [4.69, 9.17) is 14.7 Å². The number of aliphatic imine (C=N–C) groups is 1. The number of benzene rings is 1. The SMILES string of the molecule is CCNC(=NCc1nc2ccccc2n1C)N(C)CC1CCOC1.I. The smallest absolute Gasteiger partial charge is 0.194 e. The van der Waals surface area contributed by atoms with Gasteiger partial charge in [-0.25, -0.2) is 9.98 Å². The lowest BCUT2D eigenvalue weighted by Crippen LogP contribution is -2.41. The van der Waals surface area contributed by atoms with Gasteiger partial charge in [0.25, 0.3) is 0 Å². The van der Waals surface area contributed by atoms with E-state index in [-0.39, 0.29) is 24.0 Å². The molecule has 1 saturated heterocycles. The predicted molar refractivity (Wildman–Crippen MR) is 113 cm³/mol. The van der Waals surface area contributed by atoms with Gasteiger partial charge in [0.15, 0.2) is 5.96 Å². The Bertz CT molecular complexity index is 709. The maximum Gasteiger partial charge on any atom is 0.194 e. The van der Waals surface area contributed by atoms with Crippen LogP contribution in [0.2, 0.25) is 0 Å². The number of fused-ring (bicyclic) bond motifs is 1. The molecule has 1 N–H and O–H groups in total. The summed E-state index contributed by atoms with van der Waals surface area (Å²) in [6.45, 7) is 6.22. The Kier molecular flexibility index (Phi) is 7.49. The summed E-state index contributed by atoms with van der Waals surface area (Å²) >= 11 is 0. The summed E-state index contributed by atoms with van der Waals surface area (Å²) in [4.78, 5) is 11.7. The lowest BCUT2D eigenvalue weighted by molar-refractivity contribution is 0.181. The first-order valence-corrected chi connectivity index (χ1v) is 8.66. The fourth-order valence-corrected chi connectivity index (χ4v) is 3.15. The van der Waals surface area contributed by atoms with Crippen LogP contribution in [-0.2, 0) is 18.3 Å². The second-order valence-corrected chi connectivity index (χ2v) is 6.36. The zero-order chi connectivity index (χ0) is 16.9. The van der Waals surface area contributed by atoms with Gasteiger partial charge in [0.05, 0.1) is 17.6 Å². The average Bonchev–Trinajstić information content (AvgIpc) is 3.20. The zero-order valence-electron chi connectivity index (χ0n) is 15.2. The quantitative estimate of drug-likeness (QED) is 0.426. The van der Waals surface area contributed by atoms with Crippen LogP contribution in [0.3, 0.4) is 0 Å². The first kappa shape index (κ1) is 20.0. The molecule has 0 spiro atoms.